The minimum absolute atomic E-state index is 0.0381. The van der Waals surface area contributed by atoms with Crippen molar-refractivity contribution in [2.24, 2.45) is 28.9 Å². The van der Waals surface area contributed by atoms with Crippen molar-refractivity contribution in [2.75, 3.05) is 18.4 Å². The van der Waals surface area contributed by atoms with Gasteiger partial charge in [-0.2, -0.15) is 5.26 Å². The molecular formula is C22H27N5O3. The highest BCUT2D eigenvalue weighted by Gasteiger charge is 2.59. The number of nitrogens with two attached hydrogens (primary N) is 1. The van der Waals surface area contributed by atoms with E-state index in [0.717, 1.165) is 38.5 Å². The lowest BCUT2D eigenvalue weighted by Gasteiger charge is -2.58. The van der Waals surface area contributed by atoms with E-state index in [4.69, 9.17) is 10.5 Å². The van der Waals surface area contributed by atoms with E-state index in [-0.39, 0.29) is 41.4 Å². The zero-order valence-electron chi connectivity index (χ0n) is 16.9. The monoisotopic (exact) mass is 409 g/mol. The normalized spacial score (nSPS) is 36.4. The minimum atomic E-state index is -0.372. The number of hydrogen-bond acceptors (Lipinski definition) is 6. The standard InChI is InChI=1S/C22H27N5O3/c23-11-14-2-1-4-25-19(14)26-17-3-5-27(12-17)21(29)30-18-15-6-13-7-16(18)10-22(8-13,9-15)20(24)28/h1-2,4,13,15-18H,3,5-10,12H2,(H2,24,28)(H,25,26)/t13?,15-,16?,17-,18?,22?/m0/s1. The molecule has 1 saturated heterocycles. The van der Waals surface area contributed by atoms with Crippen LogP contribution in [0.1, 0.15) is 44.1 Å². The molecule has 30 heavy (non-hydrogen) atoms. The van der Waals surface area contributed by atoms with E-state index < -0.39 is 0 Å². The number of carbonyl (C=O) groups excluding carboxylic acids is 2. The van der Waals surface area contributed by atoms with Gasteiger partial charge < -0.3 is 20.7 Å². The molecule has 8 nitrogen and oxygen atoms in total. The molecule has 4 aliphatic carbocycles. The smallest absolute Gasteiger partial charge is 0.410 e. The van der Waals surface area contributed by atoms with E-state index in [1.54, 1.807) is 23.2 Å². The molecule has 5 fully saturated rings. The first-order chi connectivity index (χ1) is 14.5. The summed E-state index contributed by atoms with van der Waals surface area (Å²) in [4.78, 5) is 31.0. The van der Waals surface area contributed by atoms with Crippen molar-refractivity contribution in [1.82, 2.24) is 9.88 Å². The summed E-state index contributed by atoms with van der Waals surface area (Å²) in [5.41, 5.74) is 5.87. The molecule has 4 bridgehead atoms. The second kappa shape index (κ2) is 7.15. The molecule has 2 heterocycles. The number of amides is 2. The SMILES string of the molecule is N#Cc1cccnc1N[C@H]1CCN(C(=O)OC2C3CC4C[C@H]2CC(C(N)=O)(C4)C3)C1. The third kappa shape index (κ3) is 3.17. The van der Waals surface area contributed by atoms with Gasteiger partial charge in [0, 0.05) is 25.3 Å². The number of pyridine rings is 1. The number of carbonyl (C=O) groups is 2. The summed E-state index contributed by atoms with van der Waals surface area (Å²) < 4.78 is 6.02. The number of rotatable bonds is 4. The highest BCUT2D eigenvalue weighted by atomic mass is 16.6. The van der Waals surface area contributed by atoms with Crippen molar-refractivity contribution in [2.45, 2.75) is 50.7 Å². The lowest BCUT2D eigenvalue weighted by molar-refractivity contribution is -0.161. The van der Waals surface area contributed by atoms with Gasteiger partial charge in [0.25, 0.3) is 0 Å². The maximum Gasteiger partial charge on any atom is 0.410 e. The van der Waals surface area contributed by atoms with Gasteiger partial charge in [-0.25, -0.2) is 9.78 Å². The van der Waals surface area contributed by atoms with Gasteiger partial charge in [-0.3, -0.25) is 4.79 Å². The average Bonchev–Trinajstić information content (AvgIpc) is 3.19. The Balaban J connectivity index is 1.20. The molecule has 6 atom stereocenters. The first-order valence-electron chi connectivity index (χ1n) is 10.8. The van der Waals surface area contributed by atoms with Gasteiger partial charge >= 0.3 is 6.09 Å². The largest absolute Gasteiger partial charge is 0.446 e. The minimum Gasteiger partial charge on any atom is -0.446 e. The average molecular weight is 409 g/mol. The summed E-state index contributed by atoms with van der Waals surface area (Å²) in [6, 6.07) is 5.63. The van der Waals surface area contributed by atoms with Crippen LogP contribution in [0.3, 0.4) is 0 Å². The number of primary amides is 1. The summed E-state index contributed by atoms with van der Waals surface area (Å²) in [5.74, 6) is 1.41. The third-order valence-electron chi connectivity index (χ3n) is 7.66. The molecule has 0 aromatic carbocycles. The molecule has 2 amide bonds. The highest BCUT2D eigenvalue weighted by Crippen LogP contribution is 2.60. The molecule has 5 aliphatic rings. The van der Waals surface area contributed by atoms with Crippen LogP contribution in [0, 0.1) is 34.5 Å². The molecule has 1 aromatic rings. The zero-order chi connectivity index (χ0) is 20.9. The van der Waals surface area contributed by atoms with Gasteiger partial charge in [0.15, 0.2) is 0 Å². The maximum absolute atomic E-state index is 12.9. The van der Waals surface area contributed by atoms with Gasteiger partial charge in [0.2, 0.25) is 5.91 Å². The van der Waals surface area contributed by atoms with Gasteiger partial charge in [0.1, 0.15) is 18.0 Å². The second-order valence-corrected chi connectivity index (χ2v) is 9.55. The van der Waals surface area contributed by atoms with E-state index in [0.29, 0.717) is 30.4 Å². The summed E-state index contributed by atoms with van der Waals surface area (Å²) in [7, 11) is 0. The number of likely N-dealkylation sites (tertiary alicyclic amines) is 1. The van der Waals surface area contributed by atoms with E-state index in [9.17, 15) is 14.9 Å². The molecule has 158 valence electrons. The Labute approximate surface area is 175 Å². The topological polar surface area (TPSA) is 121 Å². The summed E-state index contributed by atoms with van der Waals surface area (Å²) in [5, 5.41) is 12.5. The number of nitrogens with zero attached hydrogens (tertiary/aromatic N) is 3. The van der Waals surface area contributed by atoms with Crippen molar-refractivity contribution in [3.05, 3.63) is 23.9 Å². The van der Waals surface area contributed by atoms with E-state index in [1.807, 2.05) is 0 Å². The van der Waals surface area contributed by atoms with Crippen LogP contribution >= 0.6 is 0 Å². The van der Waals surface area contributed by atoms with Gasteiger partial charge in [0.05, 0.1) is 11.0 Å². The predicted octanol–water partition coefficient (Wildman–Crippen LogP) is 2.26. The summed E-state index contributed by atoms with van der Waals surface area (Å²) in [6.45, 7) is 1.14. The van der Waals surface area contributed by atoms with Crippen LogP contribution in [0.2, 0.25) is 0 Å². The molecule has 0 radical (unpaired) electrons. The fourth-order valence-electron chi connectivity index (χ4n) is 6.51. The molecule has 1 aromatic heterocycles. The molecule has 6 rings (SSSR count). The fraction of sp³-hybridized carbons (Fsp3) is 0.636. The van der Waals surface area contributed by atoms with E-state index in [1.165, 1.54) is 0 Å². The highest BCUT2D eigenvalue weighted by molar-refractivity contribution is 5.81. The molecule has 0 spiro atoms. The molecule has 4 saturated carbocycles. The Kier molecular flexibility index (Phi) is 4.57. The van der Waals surface area contributed by atoms with Gasteiger partial charge in [-0.1, -0.05) is 0 Å². The molecule has 4 unspecified atom stereocenters. The third-order valence-corrected chi connectivity index (χ3v) is 7.66. The molecular weight excluding hydrogens is 382 g/mol. The Morgan fingerprint density at radius 3 is 2.77 bits per heavy atom. The van der Waals surface area contributed by atoms with Gasteiger partial charge in [-0.05, 0) is 68.4 Å². The summed E-state index contributed by atoms with van der Waals surface area (Å²) >= 11 is 0. The Morgan fingerprint density at radius 1 is 1.30 bits per heavy atom. The van der Waals surface area contributed by atoms with Crippen molar-refractivity contribution in [3.63, 3.8) is 0 Å². The first kappa shape index (κ1) is 19.2. The fourth-order valence-corrected chi connectivity index (χ4v) is 6.51. The quantitative estimate of drug-likeness (QED) is 0.787. The first-order valence-corrected chi connectivity index (χ1v) is 10.8. The van der Waals surface area contributed by atoms with Crippen LogP contribution in [-0.2, 0) is 9.53 Å². The number of anilines is 1. The maximum atomic E-state index is 12.9. The zero-order valence-corrected chi connectivity index (χ0v) is 16.9. The molecule has 1 aliphatic heterocycles. The van der Waals surface area contributed by atoms with Crippen LogP contribution in [0.25, 0.3) is 0 Å². The van der Waals surface area contributed by atoms with Crippen molar-refractivity contribution in [1.29, 1.82) is 5.26 Å². The van der Waals surface area contributed by atoms with Crippen LogP contribution in [0.15, 0.2) is 18.3 Å². The van der Waals surface area contributed by atoms with E-state index >= 15 is 0 Å². The van der Waals surface area contributed by atoms with Crippen LogP contribution in [0.5, 0.6) is 0 Å². The number of nitriles is 1. The van der Waals surface area contributed by atoms with Gasteiger partial charge in [-0.15, -0.1) is 0 Å². The lowest BCUT2D eigenvalue weighted by Crippen LogP contribution is -2.59. The van der Waals surface area contributed by atoms with Crippen LogP contribution in [0.4, 0.5) is 10.6 Å². The number of nitrogens with one attached hydrogen (secondary N) is 1. The predicted molar refractivity (Wildman–Crippen MR) is 108 cm³/mol. The summed E-state index contributed by atoms with van der Waals surface area (Å²) in [6.07, 6.45) is 6.54. The Hall–Kier alpha value is -2.82. The number of ether oxygens (including phenoxy) is 1. The van der Waals surface area contributed by atoms with E-state index in [2.05, 4.69) is 16.4 Å². The second-order valence-electron chi connectivity index (χ2n) is 9.55. The number of hydrogen-bond donors (Lipinski definition) is 2. The van der Waals surface area contributed by atoms with Crippen LogP contribution < -0.4 is 11.1 Å². The van der Waals surface area contributed by atoms with Crippen LogP contribution in [-0.4, -0.2) is 47.1 Å². The molecule has 8 heteroatoms. The number of aromatic nitrogens is 1. The Morgan fingerprint density at radius 2 is 2.07 bits per heavy atom. The van der Waals surface area contributed by atoms with Crippen molar-refractivity contribution < 1.29 is 14.3 Å². The molecule has 3 N–H and O–H groups in total. The van der Waals surface area contributed by atoms with Crippen molar-refractivity contribution in [3.8, 4) is 6.07 Å². The Bertz CT molecular complexity index is 896. The van der Waals surface area contributed by atoms with Crippen molar-refractivity contribution >= 4 is 17.8 Å². The lowest BCUT2D eigenvalue weighted by atomic mass is 9.48.